The van der Waals surface area contributed by atoms with E-state index >= 15 is 0 Å². The molecule has 0 saturated carbocycles. The number of hydrogen-bond donors (Lipinski definition) is 1. The molecule has 5 heterocycles. The highest BCUT2D eigenvalue weighted by molar-refractivity contribution is 5.95. The van der Waals surface area contributed by atoms with Crippen LogP contribution in [-0.2, 0) is 0 Å². The van der Waals surface area contributed by atoms with Gasteiger partial charge in [-0.05, 0) is 43.5 Å². The molecule has 0 spiro atoms. The molecule has 2 aromatic heterocycles. The van der Waals surface area contributed by atoms with Crippen LogP contribution in [0.2, 0.25) is 0 Å². The average Bonchev–Trinajstić information content (AvgIpc) is 2.74. The van der Waals surface area contributed by atoms with Gasteiger partial charge in [0, 0.05) is 37.1 Å². The molecular formula is C15H18N4O. The summed E-state index contributed by atoms with van der Waals surface area (Å²) >= 11 is 0. The molecule has 5 rings (SSSR count). The second-order valence-electron chi connectivity index (χ2n) is 5.87. The Morgan fingerprint density at radius 1 is 1.30 bits per heavy atom. The fourth-order valence-corrected chi connectivity index (χ4v) is 3.34. The Hall–Kier alpha value is -1.88. The van der Waals surface area contributed by atoms with Crippen LogP contribution in [0.1, 0.15) is 23.2 Å². The Balaban J connectivity index is 1.62. The molecular weight excluding hydrogens is 252 g/mol. The summed E-state index contributed by atoms with van der Waals surface area (Å²) < 4.78 is 1.78. The molecule has 3 aliphatic heterocycles. The van der Waals surface area contributed by atoms with Crippen LogP contribution in [0.5, 0.6) is 0 Å². The standard InChI is InChI=1S/C15H18N4O/c20-15(12-4-6-19-14(7-12)3-5-17-19)18-9-11-1-2-13(10-18)16-8-11/h3-7,11,13,16H,1-2,8-10H2/t11-,13-/m0/s1. The van der Waals surface area contributed by atoms with Gasteiger partial charge in [0.15, 0.2) is 0 Å². The number of fused-ring (bicyclic) bond motifs is 5. The molecule has 20 heavy (non-hydrogen) atoms. The predicted octanol–water partition coefficient (Wildman–Crippen LogP) is 1.16. The lowest BCUT2D eigenvalue weighted by molar-refractivity contribution is 0.0749. The number of carbonyl (C=O) groups excluding carboxylic acids is 1. The summed E-state index contributed by atoms with van der Waals surface area (Å²) in [5.41, 5.74) is 1.73. The largest absolute Gasteiger partial charge is 0.337 e. The van der Waals surface area contributed by atoms with Gasteiger partial charge in [0.25, 0.3) is 5.91 Å². The number of carbonyl (C=O) groups is 1. The summed E-state index contributed by atoms with van der Waals surface area (Å²) in [5, 5.41) is 7.70. The fourth-order valence-electron chi connectivity index (χ4n) is 3.34. The zero-order chi connectivity index (χ0) is 13.5. The first-order chi connectivity index (χ1) is 9.79. The first-order valence-electron chi connectivity index (χ1n) is 7.26. The highest BCUT2D eigenvalue weighted by Crippen LogP contribution is 2.23. The second-order valence-corrected chi connectivity index (χ2v) is 5.87. The minimum atomic E-state index is 0.147. The number of aromatic nitrogens is 2. The molecule has 3 fully saturated rings. The molecule has 2 atom stereocenters. The normalized spacial score (nSPS) is 25.9. The Bertz CT molecular complexity index is 628. The first kappa shape index (κ1) is 11.9. The fraction of sp³-hybridized carbons (Fsp3) is 0.467. The molecule has 104 valence electrons. The monoisotopic (exact) mass is 270 g/mol. The van der Waals surface area contributed by atoms with Gasteiger partial charge in [0.05, 0.1) is 5.52 Å². The van der Waals surface area contributed by atoms with Gasteiger partial charge >= 0.3 is 0 Å². The van der Waals surface area contributed by atoms with Gasteiger partial charge in [-0.1, -0.05) is 0 Å². The molecule has 0 aromatic carbocycles. The molecule has 2 bridgehead atoms. The number of amides is 1. The number of nitrogens with zero attached hydrogens (tertiary/aromatic N) is 3. The Morgan fingerprint density at radius 2 is 2.25 bits per heavy atom. The van der Waals surface area contributed by atoms with Crippen molar-refractivity contribution in [2.24, 2.45) is 5.92 Å². The van der Waals surface area contributed by atoms with Crippen molar-refractivity contribution in [3.05, 3.63) is 36.2 Å². The van der Waals surface area contributed by atoms with E-state index in [-0.39, 0.29) is 5.91 Å². The van der Waals surface area contributed by atoms with Crippen LogP contribution in [0, 0.1) is 5.92 Å². The van der Waals surface area contributed by atoms with Crippen molar-refractivity contribution in [2.45, 2.75) is 18.9 Å². The van der Waals surface area contributed by atoms with Gasteiger partial charge in [-0.2, -0.15) is 5.10 Å². The number of rotatable bonds is 1. The van der Waals surface area contributed by atoms with E-state index in [1.807, 2.05) is 29.3 Å². The Morgan fingerprint density at radius 3 is 3.10 bits per heavy atom. The van der Waals surface area contributed by atoms with Crippen molar-refractivity contribution in [1.29, 1.82) is 0 Å². The topological polar surface area (TPSA) is 49.6 Å². The number of nitrogens with one attached hydrogen (secondary N) is 1. The van der Waals surface area contributed by atoms with Crippen molar-refractivity contribution in [3.8, 4) is 0 Å². The smallest absolute Gasteiger partial charge is 0.254 e. The van der Waals surface area contributed by atoms with E-state index in [9.17, 15) is 4.79 Å². The number of pyridine rings is 1. The summed E-state index contributed by atoms with van der Waals surface area (Å²) in [7, 11) is 0. The van der Waals surface area contributed by atoms with Crippen molar-refractivity contribution in [2.75, 3.05) is 19.6 Å². The highest BCUT2D eigenvalue weighted by Gasteiger charge is 2.31. The van der Waals surface area contributed by atoms with Crippen LogP contribution in [-0.4, -0.2) is 46.1 Å². The van der Waals surface area contributed by atoms with E-state index in [0.29, 0.717) is 12.0 Å². The minimum absolute atomic E-state index is 0.147. The maximum absolute atomic E-state index is 12.7. The molecule has 5 nitrogen and oxygen atoms in total. The van der Waals surface area contributed by atoms with E-state index in [1.165, 1.54) is 12.8 Å². The van der Waals surface area contributed by atoms with Gasteiger partial charge < -0.3 is 10.2 Å². The third-order valence-electron chi connectivity index (χ3n) is 4.47. The molecule has 0 radical (unpaired) electrons. The number of hydrogen-bond acceptors (Lipinski definition) is 3. The van der Waals surface area contributed by atoms with Crippen molar-refractivity contribution < 1.29 is 4.79 Å². The molecule has 0 unspecified atom stereocenters. The van der Waals surface area contributed by atoms with E-state index in [0.717, 1.165) is 30.7 Å². The quantitative estimate of drug-likeness (QED) is 0.846. The average molecular weight is 270 g/mol. The molecule has 1 amide bonds. The van der Waals surface area contributed by atoms with Gasteiger partial charge in [0.1, 0.15) is 0 Å². The molecule has 0 aliphatic carbocycles. The van der Waals surface area contributed by atoms with Gasteiger partial charge in [-0.15, -0.1) is 0 Å². The number of piperidine rings is 1. The van der Waals surface area contributed by atoms with Crippen LogP contribution in [0.4, 0.5) is 0 Å². The third kappa shape index (κ3) is 1.98. The predicted molar refractivity (Wildman–Crippen MR) is 75.6 cm³/mol. The van der Waals surface area contributed by atoms with Crippen molar-refractivity contribution >= 4 is 11.4 Å². The molecule has 1 N–H and O–H groups in total. The van der Waals surface area contributed by atoms with Gasteiger partial charge in [-0.3, -0.25) is 4.79 Å². The highest BCUT2D eigenvalue weighted by atomic mass is 16.2. The third-order valence-corrected chi connectivity index (χ3v) is 4.47. The molecule has 3 saturated heterocycles. The Kier molecular flexibility index (Phi) is 2.73. The van der Waals surface area contributed by atoms with E-state index in [2.05, 4.69) is 10.4 Å². The Labute approximate surface area is 117 Å². The lowest BCUT2D eigenvalue weighted by Crippen LogP contribution is -2.40. The maximum atomic E-state index is 12.7. The molecule has 3 aliphatic rings. The zero-order valence-corrected chi connectivity index (χ0v) is 11.3. The van der Waals surface area contributed by atoms with E-state index in [4.69, 9.17) is 0 Å². The zero-order valence-electron chi connectivity index (χ0n) is 11.3. The van der Waals surface area contributed by atoms with Crippen LogP contribution >= 0.6 is 0 Å². The SMILES string of the molecule is O=C(c1ccn2nccc2c1)N1C[C@H]2CC[C@@H](C1)NC2. The summed E-state index contributed by atoms with van der Waals surface area (Å²) in [6.07, 6.45) is 6.03. The molecule has 2 aromatic rings. The van der Waals surface area contributed by atoms with Crippen molar-refractivity contribution in [3.63, 3.8) is 0 Å². The summed E-state index contributed by atoms with van der Waals surface area (Å²) in [6, 6.07) is 6.18. The van der Waals surface area contributed by atoms with Gasteiger partial charge in [-0.25, -0.2) is 4.52 Å². The van der Waals surface area contributed by atoms with Crippen LogP contribution in [0.3, 0.4) is 0 Å². The van der Waals surface area contributed by atoms with E-state index in [1.54, 1.807) is 10.7 Å². The summed E-state index contributed by atoms with van der Waals surface area (Å²) in [5.74, 6) is 0.755. The maximum Gasteiger partial charge on any atom is 0.254 e. The van der Waals surface area contributed by atoms with E-state index < -0.39 is 0 Å². The minimum Gasteiger partial charge on any atom is -0.337 e. The second kappa shape index (κ2) is 4.59. The van der Waals surface area contributed by atoms with Crippen LogP contribution < -0.4 is 5.32 Å². The molecule has 5 heteroatoms. The van der Waals surface area contributed by atoms with Gasteiger partial charge in [0.2, 0.25) is 0 Å². The summed E-state index contributed by atoms with van der Waals surface area (Å²) in [4.78, 5) is 14.7. The lowest BCUT2D eigenvalue weighted by atomic mass is 9.97. The van der Waals surface area contributed by atoms with Crippen molar-refractivity contribution in [1.82, 2.24) is 19.8 Å². The van der Waals surface area contributed by atoms with Crippen LogP contribution in [0.25, 0.3) is 5.52 Å². The first-order valence-corrected chi connectivity index (χ1v) is 7.26. The lowest BCUT2D eigenvalue weighted by Gasteiger charge is -2.23. The summed E-state index contributed by atoms with van der Waals surface area (Å²) in [6.45, 7) is 2.77. The van der Waals surface area contributed by atoms with Crippen LogP contribution in [0.15, 0.2) is 30.6 Å².